The first kappa shape index (κ1) is 24.5. The summed E-state index contributed by atoms with van der Waals surface area (Å²) in [7, 11) is -4.21. The predicted octanol–water partition coefficient (Wildman–Crippen LogP) is 5.11. The average Bonchev–Trinajstić information content (AvgIpc) is 3.17. The van der Waals surface area contributed by atoms with Crippen LogP contribution in [0.5, 0.6) is 0 Å². The molecule has 1 fully saturated rings. The Morgan fingerprint density at radius 2 is 1.56 bits per heavy atom. The minimum atomic E-state index is -4.21. The van der Waals surface area contributed by atoms with Gasteiger partial charge in [0.1, 0.15) is 11.9 Å². The fraction of sp³-hybridized carbons (Fsp3) is 0.111. The molecule has 4 aromatic carbocycles. The lowest BCUT2D eigenvalue weighted by Gasteiger charge is -2.27. The quantitative estimate of drug-likeness (QED) is 0.224. The highest BCUT2D eigenvalue weighted by molar-refractivity contribution is 14.1. The molecule has 1 aliphatic rings. The van der Waals surface area contributed by atoms with Crippen molar-refractivity contribution in [3.8, 4) is 0 Å². The third-order valence-electron chi connectivity index (χ3n) is 6.13. The standard InChI is InChI=1S/C27H20FIN2O4S/c28-21-8-5-18(6-9-21)17-30(36(34,35)24-14-7-19-3-1-2-4-20(19)15-24)25-16-26(32)31(27(25)33)23-12-10-22(29)11-13-23/h1-15,25H,16-17H2. The number of sulfonamides is 1. The Balaban J connectivity index is 1.57. The summed E-state index contributed by atoms with van der Waals surface area (Å²) in [6.45, 7) is -0.195. The lowest BCUT2D eigenvalue weighted by atomic mass is 10.1. The van der Waals surface area contributed by atoms with Gasteiger partial charge in [-0.05, 0) is 87.5 Å². The van der Waals surface area contributed by atoms with Crippen LogP contribution in [0.3, 0.4) is 0 Å². The molecule has 182 valence electrons. The Hall–Kier alpha value is -3.15. The van der Waals surface area contributed by atoms with E-state index in [4.69, 9.17) is 0 Å². The highest BCUT2D eigenvalue weighted by Gasteiger charge is 2.47. The molecule has 5 rings (SSSR count). The van der Waals surface area contributed by atoms with Crippen molar-refractivity contribution >= 4 is 60.9 Å². The Morgan fingerprint density at radius 1 is 0.889 bits per heavy atom. The van der Waals surface area contributed by atoms with Crippen LogP contribution >= 0.6 is 22.6 Å². The van der Waals surface area contributed by atoms with Gasteiger partial charge in [-0.2, -0.15) is 4.31 Å². The lowest BCUT2D eigenvalue weighted by molar-refractivity contribution is -0.122. The summed E-state index contributed by atoms with van der Waals surface area (Å²) < 4.78 is 43.4. The summed E-state index contributed by atoms with van der Waals surface area (Å²) in [4.78, 5) is 27.5. The summed E-state index contributed by atoms with van der Waals surface area (Å²) in [5.74, 6) is -1.56. The second kappa shape index (κ2) is 9.72. The summed E-state index contributed by atoms with van der Waals surface area (Å²) in [5, 5.41) is 1.60. The molecular formula is C27H20FIN2O4S. The van der Waals surface area contributed by atoms with Crippen molar-refractivity contribution in [3.05, 3.63) is 106 Å². The van der Waals surface area contributed by atoms with Gasteiger partial charge in [0.25, 0.3) is 5.91 Å². The number of hydrogen-bond acceptors (Lipinski definition) is 4. The SMILES string of the molecule is O=C1CC(N(Cc2ccc(F)cc2)S(=O)(=O)c2ccc3ccccc3c2)C(=O)N1c1ccc(I)cc1. The molecule has 0 radical (unpaired) electrons. The third kappa shape index (κ3) is 4.65. The summed E-state index contributed by atoms with van der Waals surface area (Å²) in [5.41, 5.74) is 0.881. The molecule has 0 spiro atoms. The highest BCUT2D eigenvalue weighted by Crippen LogP contribution is 2.32. The van der Waals surface area contributed by atoms with Crippen molar-refractivity contribution in [1.29, 1.82) is 0 Å². The van der Waals surface area contributed by atoms with E-state index in [0.29, 0.717) is 11.3 Å². The van der Waals surface area contributed by atoms with Gasteiger partial charge in [-0.3, -0.25) is 9.59 Å². The number of amides is 2. The van der Waals surface area contributed by atoms with E-state index in [0.717, 1.165) is 23.5 Å². The van der Waals surface area contributed by atoms with E-state index in [1.165, 1.54) is 30.3 Å². The molecule has 2 amide bonds. The van der Waals surface area contributed by atoms with Gasteiger partial charge in [-0.25, -0.2) is 17.7 Å². The van der Waals surface area contributed by atoms with Crippen LogP contribution in [0.2, 0.25) is 0 Å². The van der Waals surface area contributed by atoms with E-state index in [-0.39, 0.29) is 17.9 Å². The Labute approximate surface area is 221 Å². The van der Waals surface area contributed by atoms with Gasteiger partial charge in [0.15, 0.2) is 0 Å². The number of carbonyl (C=O) groups excluding carboxylic acids is 2. The van der Waals surface area contributed by atoms with Crippen molar-refractivity contribution in [2.75, 3.05) is 4.90 Å². The number of halogens is 2. The van der Waals surface area contributed by atoms with Gasteiger partial charge in [-0.1, -0.05) is 42.5 Å². The predicted molar refractivity (Wildman–Crippen MR) is 143 cm³/mol. The monoisotopic (exact) mass is 614 g/mol. The van der Waals surface area contributed by atoms with Crippen LogP contribution in [-0.2, 0) is 26.2 Å². The van der Waals surface area contributed by atoms with Gasteiger partial charge < -0.3 is 0 Å². The average molecular weight is 614 g/mol. The number of rotatable bonds is 6. The van der Waals surface area contributed by atoms with Crippen LogP contribution in [0.25, 0.3) is 10.8 Å². The van der Waals surface area contributed by atoms with Gasteiger partial charge in [0.05, 0.1) is 17.0 Å². The molecule has 9 heteroatoms. The van der Waals surface area contributed by atoms with Gasteiger partial charge in [0.2, 0.25) is 15.9 Å². The molecule has 4 aromatic rings. The third-order valence-corrected chi connectivity index (χ3v) is 8.70. The van der Waals surface area contributed by atoms with Crippen LogP contribution in [0, 0.1) is 9.39 Å². The largest absolute Gasteiger partial charge is 0.274 e. The number of hydrogen-bond donors (Lipinski definition) is 0. The van der Waals surface area contributed by atoms with Gasteiger partial charge >= 0.3 is 0 Å². The lowest BCUT2D eigenvalue weighted by Crippen LogP contribution is -2.45. The number of fused-ring (bicyclic) bond motifs is 1. The van der Waals surface area contributed by atoms with E-state index in [9.17, 15) is 22.4 Å². The second-order valence-corrected chi connectivity index (χ2v) is 11.6. The molecule has 36 heavy (non-hydrogen) atoms. The van der Waals surface area contributed by atoms with Crippen molar-refractivity contribution < 1.29 is 22.4 Å². The zero-order chi connectivity index (χ0) is 25.4. The Bertz CT molecular complexity index is 1570. The van der Waals surface area contributed by atoms with E-state index in [2.05, 4.69) is 22.6 Å². The molecule has 1 heterocycles. The Kier molecular flexibility index (Phi) is 6.62. The van der Waals surface area contributed by atoms with E-state index < -0.39 is 33.7 Å². The number of nitrogens with zero attached hydrogens (tertiary/aromatic N) is 2. The zero-order valence-corrected chi connectivity index (χ0v) is 21.8. The maximum atomic E-state index is 13.9. The topological polar surface area (TPSA) is 74.8 Å². The highest BCUT2D eigenvalue weighted by atomic mass is 127. The molecule has 0 saturated carbocycles. The molecule has 0 bridgehead atoms. The zero-order valence-electron chi connectivity index (χ0n) is 18.8. The first-order chi connectivity index (χ1) is 17.2. The Morgan fingerprint density at radius 3 is 2.25 bits per heavy atom. The molecule has 1 atom stereocenters. The molecular weight excluding hydrogens is 594 g/mol. The van der Waals surface area contributed by atoms with Crippen molar-refractivity contribution in [2.45, 2.75) is 23.9 Å². The van der Waals surface area contributed by atoms with E-state index >= 15 is 0 Å². The second-order valence-electron chi connectivity index (χ2n) is 8.45. The van der Waals surface area contributed by atoms with Crippen LogP contribution in [-0.4, -0.2) is 30.6 Å². The minimum absolute atomic E-state index is 0.0104. The van der Waals surface area contributed by atoms with Gasteiger partial charge in [-0.15, -0.1) is 0 Å². The molecule has 1 saturated heterocycles. The van der Waals surface area contributed by atoms with E-state index in [1.807, 2.05) is 18.2 Å². The first-order valence-corrected chi connectivity index (χ1v) is 13.6. The molecule has 1 aliphatic heterocycles. The fourth-order valence-electron chi connectivity index (χ4n) is 4.30. The molecule has 1 unspecified atom stereocenters. The molecule has 0 aliphatic carbocycles. The number of imide groups is 1. The van der Waals surface area contributed by atoms with Crippen LogP contribution in [0.15, 0.2) is 95.9 Å². The van der Waals surface area contributed by atoms with Crippen molar-refractivity contribution in [3.63, 3.8) is 0 Å². The number of anilines is 1. The normalized spacial score (nSPS) is 16.3. The van der Waals surface area contributed by atoms with Crippen LogP contribution < -0.4 is 4.90 Å². The smallest absolute Gasteiger partial charge is 0.252 e. The maximum absolute atomic E-state index is 13.9. The van der Waals surface area contributed by atoms with Crippen molar-refractivity contribution in [1.82, 2.24) is 4.31 Å². The number of carbonyl (C=O) groups is 2. The minimum Gasteiger partial charge on any atom is -0.274 e. The number of benzene rings is 4. The van der Waals surface area contributed by atoms with Crippen LogP contribution in [0.1, 0.15) is 12.0 Å². The molecule has 0 aromatic heterocycles. The maximum Gasteiger partial charge on any atom is 0.252 e. The van der Waals surface area contributed by atoms with E-state index in [1.54, 1.807) is 42.5 Å². The summed E-state index contributed by atoms with van der Waals surface area (Å²) in [6.07, 6.45) is -0.293. The fourth-order valence-corrected chi connectivity index (χ4v) is 6.26. The molecule has 0 N–H and O–H groups in total. The molecule has 6 nitrogen and oxygen atoms in total. The van der Waals surface area contributed by atoms with Gasteiger partial charge in [0, 0.05) is 10.1 Å². The summed E-state index contributed by atoms with van der Waals surface area (Å²) >= 11 is 2.12. The first-order valence-electron chi connectivity index (χ1n) is 11.1. The summed E-state index contributed by atoms with van der Waals surface area (Å²) in [6, 6.07) is 23.1. The van der Waals surface area contributed by atoms with Crippen molar-refractivity contribution in [2.24, 2.45) is 0 Å². The van der Waals surface area contributed by atoms with Crippen LogP contribution in [0.4, 0.5) is 10.1 Å².